The van der Waals surface area contributed by atoms with E-state index in [1.807, 2.05) is 13.8 Å². The molecule has 0 radical (unpaired) electrons. The summed E-state index contributed by atoms with van der Waals surface area (Å²) in [6, 6.07) is 8.07. The van der Waals surface area contributed by atoms with Crippen molar-refractivity contribution in [2.45, 2.75) is 32.7 Å². The van der Waals surface area contributed by atoms with E-state index in [1.54, 1.807) is 29.1 Å². The lowest BCUT2D eigenvalue weighted by Crippen LogP contribution is -2.29. The van der Waals surface area contributed by atoms with Gasteiger partial charge in [-0.05, 0) is 36.1 Å². The van der Waals surface area contributed by atoms with Crippen LogP contribution in [0.3, 0.4) is 0 Å². The minimum Gasteiger partial charge on any atom is -0.350 e. The number of carbonyl (C=O) groups is 1. The number of hydrogen-bond acceptors (Lipinski definition) is 2. The van der Waals surface area contributed by atoms with Gasteiger partial charge in [-0.15, -0.1) is 0 Å². The van der Waals surface area contributed by atoms with Crippen molar-refractivity contribution >= 4 is 5.91 Å². The second kappa shape index (κ2) is 7.02. The fourth-order valence-corrected chi connectivity index (χ4v) is 2.16. The Morgan fingerprint density at radius 1 is 1.33 bits per heavy atom. The third-order valence-electron chi connectivity index (χ3n) is 3.39. The molecule has 0 aliphatic rings. The number of aromatic nitrogens is 2. The molecule has 0 fully saturated rings. The molecule has 0 spiro atoms. The molecule has 1 aromatic carbocycles. The molecule has 4 nitrogen and oxygen atoms in total. The van der Waals surface area contributed by atoms with Crippen LogP contribution in [-0.4, -0.2) is 22.2 Å². The number of amides is 1. The Morgan fingerprint density at radius 3 is 2.71 bits per heavy atom. The molecule has 1 unspecified atom stereocenters. The molecule has 1 heterocycles. The first kappa shape index (κ1) is 15.2. The van der Waals surface area contributed by atoms with Crippen LogP contribution in [0, 0.1) is 5.82 Å². The van der Waals surface area contributed by atoms with Crippen LogP contribution in [0.25, 0.3) is 0 Å². The lowest BCUT2D eigenvalue weighted by molar-refractivity contribution is 0.0940. The number of halogens is 1. The van der Waals surface area contributed by atoms with Crippen LogP contribution < -0.4 is 5.32 Å². The number of nitrogens with one attached hydrogen (secondary N) is 1. The van der Waals surface area contributed by atoms with Crippen molar-refractivity contribution in [3.8, 4) is 0 Å². The molecule has 0 saturated heterocycles. The van der Waals surface area contributed by atoms with Gasteiger partial charge in [0.15, 0.2) is 0 Å². The third-order valence-corrected chi connectivity index (χ3v) is 3.39. The molecule has 112 valence electrons. The number of rotatable bonds is 6. The zero-order valence-electron chi connectivity index (χ0n) is 12.3. The number of benzene rings is 1. The summed E-state index contributed by atoms with van der Waals surface area (Å²) >= 11 is 0. The first-order valence-corrected chi connectivity index (χ1v) is 7.17. The molecule has 5 heteroatoms. The third kappa shape index (κ3) is 3.90. The molecule has 1 atom stereocenters. The van der Waals surface area contributed by atoms with Crippen LogP contribution in [0.5, 0.6) is 0 Å². The molecule has 2 aromatic rings. The SMILES string of the molecule is CCCn1nccc1C(=O)NCC(C)c1ccc(F)cc1. The van der Waals surface area contributed by atoms with Gasteiger partial charge in [0.05, 0.1) is 0 Å². The minimum atomic E-state index is -0.251. The lowest BCUT2D eigenvalue weighted by Gasteiger charge is -2.13. The van der Waals surface area contributed by atoms with Crippen LogP contribution in [0.4, 0.5) is 4.39 Å². The first-order chi connectivity index (χ1) is 10.1. The smallest absolute Gasteiger partial charge is 0.269 e. The van der Waals surface area contributed by atoms with E-state index in [2.05, 4.69) is 10.4 Å². The van der Waals surface area contributed by atoms with E-state index in [1.165, 1.54) is 12.1 Å². The average Bonchev–Trinajstić information content (AvgIpc) is 2.94. The second-order valence-corrected chi connectivity index (χ2v) is 5.10. The molecule has 1 aromatic heterocycles. The maximum absolute atomic E-state index is 12.9. The van der Waals surface area contributed by atoms with Crippen molar-refractivity contribution < 1.29 is 9.18 Å². The van der Waals surface area contributed by atoms with Crippen LogP contribution in [0.2, 0.25) is 0 Å². The molecular formula is C16H20FN3O. The largest absolute Gasteiger partial charge is 0.350 e. The van der Waals surface area contributed by atoms with Crippen molar-refractivity contribution in [3.05, 3.63) is 53.6 Å². The first-order valence-electron chi connectivity index (χ1n) is 7.17. The second-order valence-electron chi connectivity index (χ2n) is 5.10. The number of nitrogens with zero attached hydrogens (tertiary/aromatic N) is 2. The van der Waals surface area contributed by atoms with Crippen LogP contribution >= 0.6 is 0 Å². The Balaban J connectivity index is 1.94. The van der Waals surface area contributed by atoms with Gasteiger partial charge in [0.25, 0.3) is 5.91 Å². The lowest BCUT2D eigenvalue weighted by atomic mass is 10.0. The van der Waals surface area contributed by atoms with E-state index in [0.717, 1.165) is 18.5 Å². The highest BCUT2D eigenvalue weighted by Crippen LogP contribution is 2.14. The maximum atomic E-state index is 12.9. The molecule has 21 heavy (non-hydrogen) atoms. The zero-order valence-corrected chi connectivity index (χ0v) is 12.3. The molecule has 0 aliphatic carbocycles. The van der Waals surface area contributed by atoms with E-state index in [4.69, 9.17) is 0 Å². The predicted octanol–water partition coefficient (Wildman–Crippen LogP) is 2.97. The summed E-state index contributed by atoms with van der Waals surface area (Å²) < 4.78 is 14.6. The fraction of sp³-hybridized carbons (Fsp3) is 0.375. The van der Waals surface area contributed by atoms with Gasteiger partial charge < -0.3 is 5.32 Å². The van der Waals surface area contributed by atoms with Crippen molar-refractivity contribution in [1.29, 1.82) is 0 Å². The molecule has 0 bridgehead atoms. The summed E-state index contributed by atoms with van der Waals surface area (Å²) in [4.78, 5) is 12.2. The van der Waals surface area contributed by atoms with E-state index < -0.39 is 0 Å². The maximum Gasteiger partial charge on any atom is 0.269 e. The van der Waals surface area contributed by atoms with Crippen LogP contribution in [0.15, 0.2) is 36.5 Å². The number of hydrogen-bond donors (Lipinski definition) is 1. The highest BCUT2D eigenvalue weighted by molar-refractivity contribution is 5.92. The van der Waals surface area contributed by atoms with Gasteiger partial charge in [-0.1, -0.05) is 26.0 Å². The minimum absolute atomic E-state index is 0.122. The average molecular weight is 289 g/mol. The summed E-state index contributed by atoms with van der Waals surface area (Å²) in [6.07, 6.45) is 2.56. The Labute approximate surface area is 124 Å². The van der Waals surface area contributed by atoms with E-state index in [0.29, 0.717) is 12.2 Å². The molecule has 2 rings (SSSR count). The summed E-state index contributed by atoms with van der Waals surface area (Å²) in [6.45, 7) is 5.27. The summed E-state index contributed by atoms with van der Waals surface area (Å²) in [5.74, 6) is -0.259. The highest BCUT2D eigenvalue weighted by atomic mass is 19.1. The molecule has 1 amide bonds. The topological polar surface area (TPSA) is 46.9 Å². The van der Waals surface area contributed by atoms with Gasteiger partial charge in [-0.25, -0.2) is 4.39 Å². The Morgan fingerprint density at radius 2 is 2.05 bits per heavy atom. The van der Waals surface area contributed by atoms with Crippen LogP contribution in [0.1, 0.15) is 42.2 Å². The standard InChI is InChI=1S/C16H20FN3O/c1-3-10-20-15(8-9-19-20)16(21)18-11-12(2)13-4-6-14(17)7-5-13/h4-9,12H,3,10-11H2,1-2H3,(H,18,21). The number of aryl methyl sites for hydroxylation is 1. The van der Waals surface area contributed by atoms with Gasteiger partial charge in [-0.2, -0.15) is 5.10 Å². The zero-order chi connectivity index (χ0) is 15.2. The van der Waals surface area contributed by atoms with Crippen molar-refractivity contribution in [2.24, 2.45) is 0 Å². The summed E-state index contributed by atoms with van der Waals surface area (Å²) in [5.41, 5.74) is 1.57. The number of carbonyl (C=O) groups excluding carboxylic acids is 1. The van der Waals surface area contributed by atoms with Crippen molar-refractivity contribution in [2.75, 3.05) is 6.54 Å². The van der Waals surface area contributed by atoms with Crippen molar-refractivity contribution in [3.63, 3.8) is 0 Å². The predicted molar refractivity (Wildman–Crippen MR) is 79.7 cm³/mol. The fourth-order valence-electron chi connectivity index (χ4n) is 2.16. The van der Waals surface area contributed by atoms with Gasteiger partial charge in [-0.3, -0.25) is 9.48 Å². The molecule has 0 saturated carbocycles. The summed E-state index contributed by atoms with van der Waals surface area (Å²) in [7, 11) is 0. The Hall–Kier alpha value is -2.17. The van der Waals surface area contributed by atoms with Crippen LogP contribution in [-0.2, 0) is 6.54 Å². The quantitative estimate of drug-likeness (QED) is 0.888. The molecule has 1 N–H and O–H groups in total. The highest BCUT2D eigenvalue weighted by Gasteiger charge is 2.13. The molecular weight excluding hydrogens is 269 g/mol. The van der Waals surface area contributed by atoms with E-state index in [9.17, 15) is 9.18 Å². The normalized spacial score (nSPS) is 12.1. The summed E-state index contributed by atoms with van der Waals surface area (Å²) in [5, 5.41) is 7.04. The van der Waals surface area contributed by atoms with Gasteiger partial charge >= 0.3 is 0 Å². The van der Waals surface area contributed by atoms with Gasteiger partial charge in [0.1, 0.15) is 11.5 Å². The van der Waals surface area contributed by atoms with Gasteiger partial charge in [0.2, 0.25) is 0 Å². The Bertz CT molecular complexity index is 592. The monoisotopic (exact) mass is 289 g/mol. The Kier molecular flexibility index (Phi) is 5.09. The molecule has 0 aliphatic heterocycles. The van der Waals surface area contributed by atoms with Crippen molar-refractivity contribution in [1.82, 2.24) is 15.1 Å². The van der Waals surface area contributed by atoms with E-state index in [-0.39, 0.29) is 17.6 Å². The van der Waals surface area contributed by atoms with E-state index >= 15 is 0 Å². The van der Waals surface area contributed by atoms with Gasteiger partial charge in [0, 0.05) is 19.3 Å².